The molecule has 2 aromatic carbocycles. The Morgan fingerprint density at radius 3 is 2.80 bits per heavy atom. The predicted octanol–water partition coefficient (Wildman–Crippen LogP) is 3.03. The number of hydrogen-bond donors (Lipinski definition) is 1. The molecule has 102 valence electrons. The van der Waals surface area contributed by atoms with E-state index in [1.807, 2.05) is 24.3 Å². The number of nitrogen functional groups attached to an aromatic ring is 1. The lowest BCUT2D eigenvalue weighted by molar-refractivity contribution is 0.101. The molecule has 0 unspecified atom stereocenters. The lowest BCUT2D eigenvalue weighted by Crippen LogP contribution is -2.30. The Morgan fingerprint density at radius 2 is 2.00 bits per heavy atom. The molecule has 0 saturated heterocycles. The zero-order valence-electron chi connectivity index (χ0n) is 11.6. The van der Waals surface area contributed by atoms with Crippen molar-refractivity contribution in [3.8, 4) is 0 Å². The molecule has 0 amide bonds. The van der Waals surface area contributed by atoms with Crippen molar-refractivity contribution in [2.75, 3.05) is 17.2 Å². The molecule has 0 saturated carbocycles. The van der Waals surface area contributed by atoms with Crippen LogP contribution in [-0.2, 0) is 13.0 Å². The van der Waals surface area contributed by atoms with Crippen molar-refractivity contribution in [1.29, 1.82) is 0 Å². The number of carbonyl (C=O) groups is 1. The molecule has 0 fully saturated rings. The summed E-state index contributed by atoms with van der Waals surface area (Å²) in [6.07, 6.45) is 1.01. The Morgan fingerprint density at radius 1 is 1.15 bits per heavy atom. The van der Waals surface area contributed by atoms with Crippen LogP contribution in [0.5, 0.6) is 0 Å². The molecule has 0 aromatic heterocycles. The number of rotatable bonds is 2. The topological polar surface area (TPSA) is 46.3 Å². The van der Waals surface area contributed by atoms with Gasteiger partial charge >= 0.3 is 0 Å². The minimum absolute atomic E-state index is 0.105. The molecule has 0 spiro atoms. The number of Topliss-reactive ketones (excluding diaryl/α,β-unsaturated/α-hetero) is 1. The molecular formula is C17H18N2O. The molecule has 1 heterocycles. The Hall–Kier alpha value is -2.29. The molecule has 3 heteroatoms. The molecule has 0 atom stereocenters. The molecule has 2 N–H and O–H groups in total. The minimum atomic E-state index is 0.105. The van der Waals surface area contributed by atoms with Crippen molar-refractivity contribution < 1.29 is 4.79 Å². The van der Waals surface area contributed by atoms with Crippen molar-refractivity contribution in [2.24, 2.45) is 0 Å². The van der Waals surface area contributed by atoms with Crippen LogP contribution < -0.4 is 10.6 Å². The zero-order valence-corrected chi connectivity index (χ0v) is 11.6. The summed E-state index contributed by atoms with van der Waals surface area (Å²) in [5, 5.41) is 0. The van der Waals surface area contributed by atoms with Gasteiger partial charge in [-0.25, -0.2) is 0 Å². The highest BCUT2D eigenvalue weighted by molar-refractivity contribution is 5.95. The zero-order chi connectivity index (χ0) is 14.1. The number of fused-ring (bicyclic) bond motifs is 1. The van der Waals surface area contributed by atoms with Crippen LogP contribution in [0.4, 0.5) is 11.4 Å². The van der Waals surface area contributed by atoms with E-state index in [2.05, 4.69) is 23.1 Å². The van der Waals surface area contributed by atoms with Crippen LogP contribution in [0.1, 0.15) is 28.4 Å². The first kappa shape index (κ1) is 12.7. The molecule has 1 aliphatic rings. The number of carbonyl (C=O) groups excluding carboxylic acids is 1. The average Bonchev–Trinajstić information content (AvgIpc) is 2.46. The fourth-order valence-corrected chi connectivity index (χ4v) is 2.72. The van der Waals surface area contributed by atoms with Crippen LogP contribution >= 0.6 is 0 Å². The van der Waals surface area contributed by atoms with Crippen molar-refractivity contribution >= 4 is 17.2 Å². The number of benzene rings is 2. The summed E-state index contributed by atoms with van der Waals surface area (Å²) >= 11 is 0. The van der Waals surface area contributed by atoms with Gasteiger partial charge in [0.15, 0.2) is 5.78 Å². The Labute approximate surface area is 119 Å². The lowest BCUT2D eigenvalue weighted by Gasteiger charge is -2.31. The highest BCUT2D eigenvalue weighted by Crippen LogP contribution is 2.26. The minimum Gasteiger partial charge on any atom is -0.399 e. The highest BCUT2D eigenvalue weighted by Gasteiger charge is 2.17. The van der Waals surface area contributed by atoms with E-state index in [4.69, 9.17) is 5.73 Å². The van der Waals surface area contributed by atoms with E-state index in [9.17, 15) is 4.79 Å². The van der Waals surface area contributed by atoms with E-state index >= 15 is 0 Å². The average molecular weight is 266 g/mol. The summed E-state index contributed by atoms with van der Waals surface area (Å²) in [6.45, 7) is 3.42. The summed E-state index contributed by atoms with van der Waals surface area (Å²) in [7, 11) is 0. The van der Waals surface area contributed by atoms with Crippen LogP contribution in [0.25, 0.3) is 0 Å². The summed E-state index contributed by atoms with van der Waals surface area (Å²) in [5.74, 6) is 0.105. The quantitative estimate of drug-likeness (QED) is 0.671. The third-order valence-corrected chi connectivity index (χ3v) is 3.86. The predicted molar refractivity (Wildman–Crippen MR) is 82.1 cm³/mol. The molecule has 3 nitrogen and oxygen atoms in total. The Balaban J connectivity index is 1.90. The standard InChI is InChI=1S/C17H18N2O/c1-12(20)14-3-2-4-17(10-14)19-8-7-13-5-6-16(18)9-15(13)11-19/h2-6,9-10H,7-8,11,18H2,1H3. The largest absolute Gasteiger partial charge is 0.399 e. The third-order valence-electron chi connectivity index (χ3n) is 3.86. The smallest absolute Gasteiger partial charge is 0.159 e. The third kappa shape index (κ3) is 2.39. The van der Waals surface area contributed by atoms with E-state index < -0.39 is 0 Å². The molecular weight excluding hydrogens is 248 g/mol. The summed E-state index contributed by atoms with van der Waals surface area (Å²) in [4.78, 5) is 13.8. The van der Waals surface area contributed by atoms with Gasteiger partial charge in [-0.2, -0.15) is 0 Å². The number of anilines is 2. The van der Waals surface area contributed by atoms with Crippen molar-refractivity contribution in [3.05, 3.63) is 59.2 Å². The van der Waals surface area contributed by atoms with Crippen LogP contribution in [0, 0.1) is 0 Å². The maximum Gasteiger partial charge on any atom is 0.159 e. The monoisotopic (exact) mass is 266 g/mol. The fourth-order valence-electron chi connectivity index (χ4n) is 2.72. The van der Waals surface area contributed by atoms with Crippen LogP contribution in [0.3, 0.4) is 0 Å². The maximum atomic E-state index is 11.5. The summed E-state index contributed by atoms with van der Waals surface area (Å²) in [5.41, 5.74) is 11.2. The normalized spacial score (nSPS) is 13.9. The second kappa shape index (κ2) is 5.00. The number of ketones is 1. The van der Waals surface area contributed by atoms with Gasteiger partial charge in [-0.1, -0.05) is 18.2 Å². The van der Waals surface area contributed by atoms with E-state index in [1.54, 1.807) is 6.92 Å². The van der Waals surface area contributed by atoms with Gasteiger partial charge in [0, 0.05) is 30.0 Å². The molecule has 0 bridgehead atoms. The first-order valence-electron chi connectivity index (χ1n) is 6.87. The summed E-state index contributed by atoms with van der Waals surface area (Å²) in [6, 6.07) is 14.0. The number of hydrogen-bond acceptors (Lipinski definition) is 3. The first-order chi connectivity index (χ1) is 9.63. The number of nitrogens with two attached hydrogens (primary N) is 1. The van der Waals surface area contributed by atoms with Gasteiger partial charge < -0.3 is 10.6 Å². The molecule has 1 aliphatic heterocycles. The Bertz CT molecular complexity index is 664. The number of nitrogens with zero attached hydrogens (tertiary/aromatic N) is 1. The maximum absolute atomic E-state index is 11.5. The fraction of sp³-hybridized carbons (Fsp3) is 0.235. The van der Waals surface area contributed by atoms with E-state index in [0.717, 1.165) is 36.4 Å². The SMILES string of the molecule is CC(=O)c1cccc(N2CCc3ccc(N)cc3C2)c1. The second-order valence-electron chi connectivity index (χ2n) is 5.31. The second-order valence-corrected chi connectivity index (χ2v) is 5.31. The van der Waals surface area contributed by atoms with Gasteiger partial charge in [0.2, 0.25) is 0 Å². The molecule has 2 aromatic rings. The van der Waals surface area contributed by atoms with Gasteiger partial charge in [0.25, 0.3) is 0 Å². The van der Waals surface area contributed by atoms with Gasteiger partial charge in [-0.05, 0) is 48.7 Å². The Kier molecular flexibility index (Phi) is 3.18. The molecule has 20 heavy (non-hydrogen) atoms. The van der Waals surface area contributed by atoms with E-state index in [0.29, 0.717) is 0 Å². The lowest BCUT2D eigenvalue weighted by atomic mass is 9.98. The molecule has 0 aliphatic carbocycles. The van der Waals surface area contributed by atoms with Gasteiger partial charge in [0.05, 0.1) is 0 Å². The molecule has 3 rings (SSSR count). The van der Waals surface area contributed by atoms with E-state index in [1.165, 1.54) is 11.1 Å². The summed E-state index contributed by atoms with van der Waals surface area (Å²) < 4.78 is 0. The van der Waals surface area contributed by atoms with E-state index in [-0.39, 0.29) is 5.78 Å². The highest BCUT2D eigenvalue weighted by atomic mass is 16.1. The van der Waals surface area contributed by atoms with Crippen LogP contribution in [0.2, 0.25) is 0 Å². The van der Waals surface area contributed by atoms with Gasteiger partial charge in [-0.3, -0.25) is 4.79 Å². The van der Waals surface area contributed by atoms with Crippen molar-refractivity contribution in [3.63, 3.8) is 0 Å². The van der Waals surface area contributed by atoms with Crippen molar-refractivity contribution in [1.82, 2.24) is 0 Å². The molecule has 0 radical (unpaired) electrons. The van der Waals surface area contributed by atoms with Crippen LogP contribution in [-0.4, -0.2) is 12.3 Å². The van der Waals surface area contributed by atoms with Gasteiger partial charge in [-0.15, -0.1) is 0 Å². The van der Waals surface area contributed by atoms with Crippen molar-refractivity contribution in [2.45, 2.75) is 19.9 Å². The first-order valence-corrected chi connectivity index (χ1v) is 6.87. The van der Waals surface area contributed by atoms with Gasteiger partial charge in [0.1, 0.15) is 0 Å². The van der Waals surface area contributed by atoms with Crippen LogP contribution in [0.15, 0.2) is 42.5 Å².